The summed E-state index contributed by atoms with van der Waals surface area (Å²) in [6, 6.07) is -0.579. The van der Waals surface area contributed by atoms with Crippen LogP contribution in [0.15, 0.2) is 6.20 Å². The summed E-state index contributed by atoms with van der Waals surface area (Å²) in [4.78, 5) is 11.9. The Morgan fingerprint density at radius 3 is 2.84 bits per heavy atom. The molecule has 1 heterocycles. The van der Waals surface area contributed by atoms with E-state index in [0.717, 1.165) is 17.7 Å². The quantitative estimate of drug-likeness (QED) is 0.712. The molecule has 0 saturated heterocycles. The second-order valence-corrected chi connectivity index (χ2v) is 4.78. The average Bonchev–Trinajstić information content (AvgIpc) is 2.70. The van der Waals surface area contributed by atoms with E-state index in [9.17, 15) is 4.79 Å². The van der Waals surface area contributed by atoms with Gasteiger partial charge in [0.25, 0.3) is 0 Å². The van der Waals surface area contributed by atoms with Crippen molar-refractivity contribution in [3.63, 3.8) is 0 Å². The fourth-order valence-electron chi connectivity index (χ4n) is 1.92. The first-order chi connectivity index (χ1) is 8.97. The molecular formula is C13H24N4O2. The van der Waals surface area contributed by atoms with E-state index in [1.54, 1.807) is 18.0 Å². The molecule has 0 aliphatic carbocycles. The molecule has 0 spiro atoms. The third-order valence-corrected chi connectivity index (χ3v) is 3.30. The molecule has 0 radical (unpaired) electrons. The van der Waals surface area contributed by atoms with Crippen molar-refractivity contribution >= 4 is 5.91 Å². The smallest absolute Gasteiger partial charge is 0.237 e. The van der Waals surface area contributed by atoms with Gasteiger partial charge in [-0.05, 0) is 26.7 Å². The Bertz CT molecular complexity index is 417. The van der Waals surface area contributed by atoms with Gasteiger partial charge in [0.1, 0.15) is 0 Å². The Hall–Kier alpha value is -1.40. The van der Waals surface area contributed by atoms with Gasteiger partial charge in [-0.15, -0.1) is 0 Å². The number of amides is 1. The number of carbonyl (C=O) groups is 1. The zero-order valence-electron chi connectivity index (χ0n) is 12.1. The number of nitrogens with two attached hydrogens (primary N) is 1. The van der Waals surface area contributed by atoms with E-state index < -0.39 is 6.04 Å². The molecule has 6 nitrogen and oxygen atoms in total. The van der Waals surface area contributed by atoms with Gasteiger partial charge in [-0.25, -0.2) is 0 Å². The first kappa shape index (κ1) is 15.7. The fraction of sp³-hybridized carbons (Fsp3) is 0.692. The molecule has 6 heteroatoms. The van der Waals surface area contributed by atoms with Crippen LogP contribution in [0.3, 0.4) is 0 Å². The molecule has 2 atom stereocenters. The van der Waals surface area contributed by atoms with Crippen molar-refractivity contribution in [3.05, 3.63) is 17.5 Å². The minimum atomic E-state index is -0.491. The van der Waals surface area contributed by atoms with Gasteiger partial charge in [0.2, 0.25) is 5.91 Å². The SMILES string of the molecule is COCCCC(N)C(=O)NC(C)c1cnn(C)c1C. The van der Waals surface area contributed by atoms with Crippen LogP contribution in [-0.2, 0) is 16.6 Å². The van der Waals surface area contributed by atoms with Gasteiger partial charge in [0.15, 0.2) is 0 Å². The van der Waals surface area contributed by atoms with Crippen LogP contribution >= 0.6 is 0 Å². The zero-order chi connectivity index (χ0) is 14.4. The molecule has 1 aromatic rings. The summed E-state index contributed by atoms with van der Waals surface area (Å²) in [5.41, 5.74) is 7.90. The Labute approximate surface area is 114 Å². The van der Waals surface area contributed by atoms with Crippen molar-refractivity contribution in [1.29, 1.82) is 0 Å². The van der Waals surface area contributed by atoms with Gasteiger partial charge in [0.05, 0.1) is 18.3 Å². The highest BCUT2D eigenvalue weighted by molar-refractivity contribution is 5.81. The van der Waals surface area contributed by atoms with E-state index in [-0.39, 0.29) is 11.9 Å². The lowest BCUT2D eigenvalue weighted by Crippen LogP contribution is -2.41. The van der Waals surface area contributed by atoms with Crippen molar-refractivity contribution in [2.75, 3.05) is 13.7 Å². The van der Waals surface area contributed by atoms with Crippen LogP contribution in [-0.4, -0.2) is 35.4 Å². The maximum absolute atomic E-state index is 11.9. The molecule has 2 unspecified atom stereocenters. The Morgan fingerprint density at radius 2 is 2.32 bits per heavy atom. The Morgan fingerprint density at radius 1 is 1.63 bits per heavy atom. The third kappa shape index (κ3) is 4.33. The average molecular weight is 268 g/mol. The second kappa shape index (κ2) is 7.25. The van der Waals surface area contributed by atoms with E-state index in [4.69, 9.17) is 10.5 Å². The lowest BCUT2D eigenvalue weighted by molar-refractivity contribution is -0.123. The number of aryl methyl sites for hydroxylation is 1. The fourth-order valence-corrected chi connectivity index (χ4v) is 1.92. The summed E-state index contributed by atoms with van der Waals surface area (Å²) in [5, 5.41) is 7.09. The summed E-state index contributed by atoms with van der Waals surface area (Å²) in [7, 11) is 3.52. The number of hydrogen-bond acceptors (Lipinski definition) is 4. The van der Waals surface area contributed by atoms with Gasteiger partial charge in [-0.2, -0.15) is 5.10 Å². The van der Waals surface area contributed by atoms with Gasteiger partial charge < -0.3 is 15.8 Å². The second-order valence-electron chi connectivity index (χ2n) is 4.78. The summed E-state index contributed by atoms with van der Waals surface area (Å²) in [5.74, 6) is -0.133. The van der Waals surface area contributed by atoms with Crippen LogP contribution in [0.4, 0.5) is 0 Å². The lowest BCUT2D eigenvalue weighted by atomic mass is 10.1. The first-order valence-corrected chi connectivity index (χ1v) is 6.50. The summed E-state index contributed by atoms with van der Waals surface area (Å²) < 4.78 is 6.73. The van der Waals surface area contributed by atoms with Crippen LogP contribution in [0.1, 0.15) is 37.1 Å². The van der Waals surface area contributed by atoms with E-state index in [2.05, 4.69) is 10.4 Å². The van der Waals surface area contributed by atoms with Gasteiger partial charge in [-0.1, -0.05) is 0 Å². The maximum Gasteiger partial charge on any atom is 0.237 e. The third-order valence-electron chi connectivity index (χ3n) is 3.30. The molecule has 1 aromatic heterocycles. The Balaban J connectivity index is 2.49. The number of carbonyl (C=O) groups excluding carboxylic acids is 1. The van der Waals surface area contributed by atoms with E-state index in [1.165, 1.54) is 0 Å². The normalized spacial score (nSPS) is 14.2. The number of ether oxygens (including phenoxy) is 1. The number of nitrogens with zero attached hydrogens (tertiary/aromatic N) is 2. The van der Waals surface area contributed by atoms with Crippen molar-refractivity contribution in [2.24, 2.45) is 12.8 Å². The molecule has 0 aliphatic rings. The standard InChI is InChI=1S/C13H24N4O2/c1-9(11-8-15-17(3)10(11)2)16-13(18)12(14)6-5-7-19-4/h8-9,12H,5-7,14H2,1-4H3,(H,16,18). The molecule has 0 bridgehead atoms. The van der Waals surface area contributed by atoms with Crippen molar-refractivity contribution in [1.82, 2.24) is 15.1 Å². The molecule has 0 aliphatic heterocycles. The predicted octanol–water partition coefficient (Wildman–Crippen LogP) is 0.660. The highest BCUT2D eigenvalue weighted by Gasteiger charge is 2.18. The highest BCUT2D eigenvalue weighted by atomic mass is 16.5. The monoisotopic (exact) mass is 268 g/mol. The minimum absolute atomic E-state index is 0.0883. The first-order valence-electron chi connectivity index (χ1n) is 6.50. The number of rotatable bonds is 7. The van der Waals surface area contributed by atoms with Crippen LogP contribution in [0.5, 0.6) is 0 Å². The summed E-state index contributed by atoms with van der Waals surface area (Å²) >= 11 is 0. The number of hydrogen-bond donors (Lipinski definition) is 2. The van der Waals surface area contributed by atoms with Gasteiger partial charge >= 0.3 is 0 Å². The van der Waals surface area contributed by atoms with Gasteiger partial charge in [-0.3, -0.25) is 9.48 Å². The van der Waals surface area contributed by atoms with Crippen molar-refractivity contribution in [2.45, 2.75) is 38.8 Å². The number of aromatic nitrogens is 2. The van der Waals surface area contributed by atoms with E-state index in [1.807, 2.05) is 20.9 Å². The molecular weight excluding hydrogens is 244 g/mol. The van der Waals surface area contributed by atoms with Crippen LogP contribution in [0, 0.1) is 6.92 Å². The highest BCUT2D eigenvalue weighted by Crippen LogP contribution is 2.16. The molecule has 1 rings (SSSR count). The molecule has 0 fully saturated rings. The van der Waals surface area contributed by atoms with Crippen LogP contribution in [0.2, 0.25) is 0 Å². The molecule has 0 aromatic carbocycles. The number of nitrogens with one attached hydrogen (secondary N) is 1. The van der Waals surface area contributed by atoms with Crippen molar-refractivity contribution < 1.29 is 9.53 Å². The van der Waals surface area contributed by atoms with E-state index >= 15 is 0 Å². The lowest BCUT2D eigenvalue weighted by Gasteiger charge is -2.17. The molecule has 108 valence electrons. The molecule has 3 N–H and O–H groups in total. The summed E-state index contributed by atoms with van der Waals surface area (Å²) in [6.07, 6.45) is 3.18. The van der Waals surface area contributed by atoms with Gasteiger partial charge in [0, 0.05) is 32.0 Å². The molecule has 0 saturated carbocycles. The summed E-state index contributed by atoms with van der Waals surface area (Å²) in [6.45, 7) is 4.53. The maximum atomic E-state index is 11.9. The zero-order valence-corrected chi connectivity index (χ0v) is 12.1. The number of methoxy groups -OCH3 is 1. The van der Waals surface area contributed by atoms with Crippen LogP contribution in [0.25, 0.3) is 0 Å². The van der Waals surface area contributed by atoms with Crippen molar-refractivity contribution in [3.8, 4) is 0 Å². The predicted molar refractivity (Wildman–Crippen MR) is 73.6 cm³/mol. The topological polar surface area (TPSA) is 82.2 Å². The molecule has 1 amide bonds. The minimum Gasteiger partial charge on any atom is -0.385 e. The van der Waals surface area contributed by atoms with E-state index in [0.29, 0.717) is 13.0 Å². The molecule has 19 heavy (non-hydrogen) atoms. The van der Waals surface area contributed by atoms with Crippen LogP contribution < -0.4 is 11.1 Å². The Kier molecular flexibility index (Phi) is 5.98. The largest absolute Gasteiger partial charge is 0.385 e.